The zero-order chi connectivity index (χ0) is 6.43. The highest BCUT2D eigenvalue weighted by molar-refractivity contribution is 5.00. The summed E-state index contributed by atoms with van der Waals surface area (Å²) in [6.07, 6.45) is 1.86. The third kappa shape index (κ3) is 0.700. The molecular weight excluding hydrogens is 116 g/mol. The molecule has 0 aromatic heterocycles. The predicted molar refractivity (Wildman–Crippen MR) is 33.0 cm³/mol. The number of aliphatic hydroxyl groups excluding tert-OH is 1. The van der Waals surface area contributed by atoms with Crippen LogP contribution in [0.25, 0.3) is 0 Å². The van der Waals surface area contributed by atoms with Gasteiger partial charge in [0.1, 0.15) is 0 Å². The van der Waals surface area contributed by atoms with Crippen LogP contribution in [0.1, 0.15) is 13.3 Å². The number of hydrogen-bond donors (Lipinski definition) is 1. The van der Waals surface area contributed by atoms with Crippen LogP contribution in [0, 0.1) is 11.8 Å². The highest BCUT2D eigenvalue weighted by Gasteiger charge is 2.53. The van der Waals surface area contributed by atoms with Gasteiger partial charge in [-0.3, -0.25) is 0 Å². The Morgan fingerprint density at radius 3 is 2.56 bits per heavy atom. The molecule has 2 aliphatic rings. The minimum atomic E-state index is 0.171. The summed E-state index contributed by atoms with van der Waals surface area (Å²) in [5.41, 5.74) is 0. The molecule has 4 atom stereocenters. The van der Waals surface area contributed by atoms with Crippen LogP contribution in [-0.4, -0.2) is 23.9 Å². The quantitative estimate of drug-likeness (QED) is 0.554. The second-order valence-corrected chi connectivity index (χ2v) is 3.13. The van der Waals surface area contributed by atoms with Crippen molar-refractivity contribution in [1.29, 1.82) is 0 Å². The van der Waals surface area contributed by atoms with E-state index in [2.05, 4.69) is 6.92 Å². The normalized spacial score (nSPS) is 55.3. The van der Waals surface area contributed by atoms with Crippen LogP contribution in [-0.2, 0) is 4.74 Å². The van der Waals surface area contributed by atoms with Gasteiger partial charge in [0.15, 0.2) is 0 Å². The maximum absolute atomic E-state index is 8.76. The van der Waals surface area contributed by atoms with E-state index in [9.17, 15) is 0 Å². The van der Waals surface area contributed by atoms with Crippen molar-refractivity contribution >= 4 is 0 Å². The first kappa shape index (κ1) is 5.69. The smallest absolute Gasteiger partial charge is 0.0841 e. The van der Waals surface area contributed by atoms with Gasteiger partial charge in [0.25, 0.3) is 0 Å². The first-order valence-corrected chi connectivity index (χ1v) is 3.59. The van der Waals surface area contributed by atoms with E-state index in [4.69, 9.17) is 9.84 Å². The zero-order valence-corrected chi connectivity index (χ0v) is 5.58. The second-order valence-electron chi connectivity index (χ2n) is 3.13. The molecule has 1 aliphatic carbocycles. The Morgan fingerprint density at radius 1 is 1.56 bits per heavy atom. The van der Waals surface area contributed by atoms with Gasteiger partial charge in [0.05, 0.1) is 18.8 Å². The Kier molecular flexibility index (Phi) is 1.08. The molecule has 0 spiro atoms. The van der Waals surface area contributed by atoms with Crippen LogP contribution in [0.15, 0.2) is 0 Å². The fourth-order valence-corrected chi connectivity index (χ4v) is 1.86. The summed E-state index contributed by atoms with van der Waals surface area (Å²) >= 11 is 0. The Hall–Kier alpha value is -0.0800. The van der Waals surface area contributed by atoms with E-state index in [1.807, 2.05) is 0 Å². The molecule has 2 rings (SSSR count). The van der Waals surface area contributed by atoms with Gasteiger partial charge in [0, 0.05) is 0 Å². The van der Waals surface area contributed by atoms with E-state index in [1.165, 1.54) is 6.42 Å². The van der Waals surface area contributed by atoms with Crippen molar-refractivity contribution in [3.8, 4) is 0 Å². The van der Waals surface area contributed by atoms with Crippen molar-refractivity contribution in [2.75, 3.05) is 6.61 Å². The molecule has 1 N–H and O–H groups in total. The summed E-state index contributed by atoms with van der Waals surface area (Å²) in [6, 6.07) is 0. The fourth-order valence-electron chi connectivity index (χ4n) is 1.86. The molecule has 52 valence electrons. The summed E-state index contributed by atoms with van der Waals surface area (Å²) < 4.78 is 5.42. The summed E-state index contributed by atoms with van der Waals surface area (Å²) in [5, 5.41) is 8.76. The van der Waals surface area contributed by atoms with Crippen LogP contribution >= 0.6 is 0 Å². The lowest BCUT2D eigenvalue weighted by atomic mass is 10.2. The van der Waals surface area contributed by atoms with Crippen molar-refractivity contribution < 1.29 is 9.84 Å². The van der Waals surface area contributed by atoms with E-state index in [1.54, 1.807) is 0 Å². The van der Waals surface area contributed by atoms with Gasteiger partial charge in [0.2, 0.25) is 0 Å². The average Bonchev–Trinajstić information content (AvgIpc) is 2.56. The summed E-state index contributed by atoms with van der Waals surface area (Å²) in [7, 11) is 0. The lowest BCUT2D eigenvalue weighted by Crippen LogP contribution is -2.18. The molecule has 2 fully saturated rings. The summed E-state index contributed by atoms with van der Waals surface area (Å²) in [5.74, 6) is 1.48. The number of hydrogen-bond acceptors (Lipinski definition) is 2. The molecular formula is C7H12O2. The van der Waals surface area contributed by atoms with Gasteiger partial charge >= 0.3 is 0 Å². The third-order valence-corrected chi connectivity index (χ3v) is 2.54. The Labute approximate surface area is 54.8 Å². The van der Waals surface area contributed by atoms with E-state index in [-0.39, 0.29) is 12.7 Å². The molecule has 1 saturated heterocycles. The Bertz CT molecular complexity index is 124. The molecule has 0 aromatic rings. The van der Waals surface area contributed by atoms with Crippen LogP contribution in [0.2, 0.25) is 0 Å². The van der Waals surface area contributed by atoms with Gasteiger partial charge in [-0.25, -0.2) is 0 Å². The molecule has 0 radical (unpaired) electrons. The molecule has 2 heteroatoms. The Morgan fingerprint density at radius 2 is 2.33 bits per heavy atom. The fraction of sp³-hybridized carbons (Fsp3) is 1.00. The van der Waals surface area contributed by atoms with E-state index in [0.717, 1.165) is 5.92 Å². The predicted octanol–water partition coefficient (Wildman–Crippen LogP) is 0.402. The summed E-state index contributed by atoms with van der Waals surface area (Å²) in [6.45, 7) is 2.31. The lowest BCUT2D eigenvalue weighted by molar-refractivity contribution is -0.00680. The molecule has 3 unspecified atom stereocenters. The highest BCUT2D eigenvalue weighted by atomic mass is 16.5. The minimum absolute atomic E-state index is 0.171. The van der Waals surface area contributed by atoms with Gasteiger partial charge in [-0.15, -0.1) is 0 Å². The topological polar surface area (TPSA) is 29.5 Å². The van der Waals surface area contributed by atoms with Crippen molar-refractivity contribution in [2.24, 2.45) is 11.8 Å². The number of rotatable bonds is 1. The number of ether oxygens (including phenoxy) is 1. The van der Waals surface area contributed by atoms with E-state index >= 15 is 0 Å². The molecule has 9 heavy (non-hydrogen) atoms. The zero-order valence-electron chi connectivity index (χ0n) is 5.58. The van der Waals surface area contributed by atoms with Crippen molar-refractivity contribution in [2.45, 2.75) is 25.6 Å². The standard InChI is InChI=1S/C7H12O2/c1-4-5-2-6(5)7(3-8)9-4/h4-8H,2-3H2,1H3/t4?,5?,6?,7-/m1/s1. The SMILES string of the molecule is CC1O[C@H](CO)C2CC12. The largest absolute Gasteiger partial charge is 0.394 e. The first-order valence-electron chi connectivity index (χ1n) is 3.59. The molecule has 0 aromatic carbocycles. The number of fused-ring (bicyclic) bond motifs is 1. The van der Waals surface area contributed by atoms with Gasteiger partial charge in [-0.05, 0) is 25.2 Å². The lowest BCUT2D eigenvalue weighted by Gasteiger charge is -2.11. The van der Waals surface area contributed by atoms with Crippen LogP contribution in [0.5, 0.6) is 0 Å². The highest BCUT2D eigenvalue weighted by Crippen LogP contribution is 2.51. The van der Waals surface area contributed by atoms with Gasteiger partial charge < -0.3 is 9.84 Å². The van der Waals surface area contributed by atoms with Crippen molar-refractivity contribution in [1.82, 2.24) is 0 Å². The van der Waals surface area contributed by atoms with Crippen LogP contribution in [0.4, 0.5) is 0 Å². The van der Waals surface area contributed by atoms with Crippen LogP contribution in [0.3, 0.4) is 0 Å². The van der Waals surface area contributed by atoms with E-state index in [0.29, 0.717) is 12.0 Å². The molecule has 0 bridgehead atoms. The monoisotopic (exact) mass is 128 g/mol. The van der Waals surface area contributed by atoms with Crippen molar-refractivity contribution in [3.63, 3.8) is 0 Å². The molecule has 1 heterocycles. The van der Waals surface area contributed by atoms with Gasteiger partial charge in [-0.1, -0.05) is 0 Å². The molecule has 1 aliphatic heterocycles. The third-order valence-electron chi connectivity index (χ3n) is 2.54. The number of aliphatic hydroxyl groups is 1. The van der Waals surface area contributed by atoms with E-state index < -0.39 is 0 Å². The maximum Gasteiger partial charge on any atom is 0.0841 e. The van der Waals surface area contributed by atoms with Gasteiger partial charge in [-0.2, -0.15) is 0 Å². The minimum Gasteiger partial charge on any atom is -0.394 e. The summed E-state index contributed by atoms with van der Waals surface area (Å²) in [4.78, 5) is 0. The Balaban J connectivity index is 2.00. The maximum atomic E-state index is 8.76. The second kappa shape index (κ2) is 1.70. The van der Waals surface area contributed by atoms with Crippen molar-refractivity contribution in [3.05, 3.63) is 0 Å². The average molecular weight is 128 g/mol. The molecule has 1 saturated carbocycles. The first-order chi connectivity index (χ1) is 4.33. The van der Waals surface area contributed by atoms with Crippen LogP contribution < -0.4 is 0 Å². The molecule has 2 nitrogen and oxygen atoms in total. The molecule has 0 amide bonds.